The summed E-state index contributed by atoms with van der Waals surface area (Å²) in [5.41, 5.74) is -0.0444. The van der Waals surface area contributed by atoms with Crippen LogP contribution in [0.2, 0.25) is 0 Å². The molecule has 5 nitrogen and oxygen atoms in total. The van der Waals surface area contributed by atoms with Crippen molar-refractivity contribution in [3.63, 3.8) is 0 Å². The first-order valence-electron chi connectivity index (χ1n) is 5.24. The van der Waals surface area contributed by atoms with Gasteiger partial charge in [-0.2, -0.15) is 5.10 Å². The van der Waals surface area contributed by atoms with Crippen LogP contribution in [0.15, 0.2) is 30.5 Å². The van der Waals surface area contributed by atoms with E-state index in [4.69, 9.17) is 4.74 Å². The minimum absolute atomic E-state index is 0.0444. The molecular weight excluding hydrogens is 237 g/mol. The predicted octanol–water partition coefficient (Wildman–Crippen LogP) is 1.82. The Hall–Kier alpha value is -2.37. The van der Waals surface area contributed by atoms with Gasteiger partial charge in [0.2, 0.25) is 0 Å². The first-order chi connectivity index (χ1) is 8.61. The maximum absolute atomic E-state index is 13.7. The average molecular weight is 249 g/mol. The number of amides is 1. The van der Waals surface area contributed by atoms with E-state index in [1.54, 1.807) is 19.3 Å². The molecule has 1 aromatic carbocycles. The number of carbonyl (C=O) groups excluding carboxylic acids is 1. The molecule has 2 aromatic rings. The number of hydrogen-bond acceptors (Lipinski definition) is 3. The molecule has 6 heteroatoms. The highest BCUT2D eigenvalue weighted by molar-refractivity contribution is 6.04. The summed E-state index contributed by atoms with van der Waals surface area (Å²) in [6.07, 6.45) is 1.54. The zero-order valence-corrected chi connectivity index (χ0v) is 9.98. The number of hydrogen-bond donors (Lipinski definition) is 1. The van der Waals surface area contributed by atoms with E-state index in [0.717, 1.165) is 6.07 Å². The lowest BCUT2D eigenvalue weighted by Gasteiger charge is -2.07. The lowest BCUT2D eigenvalue weighted by atomic mass is 10.2. The molecule has 0 radical (unpaired) electrons. The van der Waals surface area contributed by atoms with Gasteiger partial charge in [0.05, 0.1) is 18.9 Å². The number of nitrogens with zero attached hydrogens (tertiary/aromatic N) is 2. The van der Waals surface area contributed by atoms with E-state index in [9.17, 15) is 9.18 Å². The maximum Gasteiger partial charge on any atom is 0.259 e. The van der Waals surface area contributed by atoms with Gasteiger partial charge in [-0.25, -0.2) is 4.39 Å². The third kappa shape index (κ3) is 2.32. The van der Waals surface area contributed by atoms with E-state index in [-0.39, 0.29) is 5.56 Å². The van der Waals surface area contributed by atoms with Gasteiger partial charge in [0, 0.05) is 19.2 Å². The Morgan fingerprint density at radius 3 is 2.78 bits per heavy atom. The Kier molecular flexibility index (Phi) is 3.27. The molecule has 0 atom stereocenters. The number of carbonyl (C=O) groups is 1. The zero-order chi connectivity index (χ0) is 13.1. The quantitative estimate of drug-likeness (QED) is 0.902. The standard InChI is InChI=1S/C12H12FN3O2/c1-16-11(5-6-14-16)15-12(17)9-4-3-8(18-2)7-10(9)13/h3-7H,1-2H3,(H,15,17). The summed E-state index contributed by atoms with van der Waals surface area (Å²) in [6, 6.07) is 5.69. The van der Waals surface area contributed by atoms with Gasteiger partial charge in [-0.05, 0) is 12.1 Å². The van der Waals surface area contributed by atoms with E-state index in [1.165, 1.54) is 23.9 Å². The fourth-order valence-corrected chi connectivity index (χ4v) is 1.49. The van der Waals surface area contributed by atoms with E-state index in [0.29, 0.717) is 11.6 Å². The molecule has 0 aliphatic rings. The highest BCUT2D eigenvalue weighted by atomic mass is 19.1. The van der Waals surface area contributed by atoms with Crippen LogP contribution in [0.4, 0.5) is 10.2 Å². The fraction of sp³-hybridized carbons (Fsp3) is 0.167. The van der Waals surface area contributed by atoms with Gasteiger partial charge in [0.15, 0.2) is 0 Å². The number of ether oxygens (including phenoxy) is 1. The molecule has 0 saturated carbocycles. The number of benzene rings is 1. The molecule has 1 aromatic heterocycles. The van der Waals surface area contributed by atoms with E-state index >= 15 is 0 Å². The molecular formula is C12H12FN3O2. The monoisotopic (exact) mass is 249 g/mol. The van der Waals surface area contributed by atoms with Crippen molar-refractivity contribution in [2.75, 3.05) is 12.4 Å². The molecule has 1 heterocycles. The van der Waals surface area contributed by atoms with Crippen LogP contribution in [-0.4, -0.2) is 22.8 Å². The second-order valence-corrected chi connectivity index (χ2v) is 3.64. The number of anilines is 1. The van der Waals surface area contributed by atoms with Crippen molar-refractivity contribution >= 4 is 11.7 Å². The molecule has 94 valence electrons. The number of aromatic nitrogens is 2. The minimum atomic E-state index is -0.631. The van der Waals surface area contributed by atoms with E-state index < -0.39 is 11.7 Å². The Morgan fingerprint density at radius 1 is 1.44 bits per heavy atom. The van der Waals surface area contributed by atoms with Gasteiger partial charge in [-0.1, -0.05) is 0 Å². The van der Waals surface area contributed by atoms with Crippen LogP contribution < -0.4 is 10.1 Å². The van der Waals surface area contributed by atoms with Crippen LogP contribution in [0.25, 0.3) is 0 Å². The van der Waals surface area contributed by atoms with Crippen molar-refractivity contribution in [1.29, 1.82) is 0 Å². The number of halogens is 1. The molecule has 0 spiro atoms. The summed E-state index contributed by atoms with van der Waals surface area (Å²) in [4.78, 5) is 11.9. The molecule has 0 bridgehead atoms. The number of aryl methyl sites for hydroxylation is 1. The number of methoxy groups -OCH3 is 1. The highest BCUT2D eigenvalue weighted by Crippen LogP contribution is 2.17. The highest BCUT2D eigenvalue weighted by Gasteiger charge is 2.13. The van der Waals surface area contributed by atoms with Crippen molar-refractivity contribution in [3.05, 3.63) is 41.8 Å². The van der Waals surface area contributed by atoms with Crippen LogP contribution >= 0.6 is 0 Å². The van der Waals surface area contributed by atoms with Crippen molar-refractivity contribution in [1.82, 2.24) is 9.78 Å². The summed E-state index contributed by atoms with van der Waals surface area (Å²) in [5, 5.41) is 6.47. The Labute approximate surface area is 103 Å². The van der Waals surface area contributed by atoms with Gasteiger partial charge in [-0.3, -0.25) is 9.48 Å². The van der Waals surface area contributed by atoms with Crippen LogP contribution in [0.1, 0.15) is 10.4 Å². The molecule has 1 N–H and O–H groups in total. The summed E-state index contributed by atoms with van der Waals surface area (Å²) >= 11 is 0. The summed E-state index contributed by atoms with van der Waals surface area (Å²) in [7, 11) is 3.12. The maximum atomic E-state index is 13.7. The third-order valence-electron chi connectivity index (χ3n) is 2.48. The fourth-order valence-electron chi connectivity index (χ4n) is 1.49. The molecule has 0 fully saturated rings. The molecule has 18 heavy (non-hydrogen) atoms. The first kappa shape index (κ1) is 12.1. The third-order valence-corrected chi connectivity index (χ3v) is 2.48. The molecule has 2 rings (SSSR count). The normalized spacial score (nSPS) is 10.2. The Morgan fingerprint density at radius 2 is 2.22 bits per heavy atom. The Bertz CT molecular complexity index is 580. The van der Waals surface area contributed by atoms with Gasteiger partial charge >= 0.3 is 0 Å². The molecule has 0 aliphatic heterocycles. The molecule has 0 unspecified atom stereocenters. The summed E-state index contributed by atoms with van der Waals surface area (Å²) < 4.78 is 20.0. The molecule has 0 aliphatic carbocycles. The topological polar surface area (TPSA) is 56.1 Å². The van der Waals surface area contributed by atoms with Crippen molar-refractivity contribution in [3.8, 4) is 5.75 Å². The van der Waals surface area contributed by atoms with Gasteiger partial charge in [0.25, 0.3) is 5.91 Å². The van der Waals surface area contributed by atoms with E-state index in [2.05, 4.69) is 10.4 Å². The summed E-state index contributed by atoms with van der Waals surface area (Å²) in [6.45, 7) is 0. The van der Waals surface area contributed by atoms with Crippen LogP contribution in [0.3, 0.4) is 0 Å². The number of rotatable bonds is 3. The molecule has 1 amide bonds. The lowest BCUT2D eigenvalue weighted by Crippen LogP contribution is -2.16. The first-order valence-corrected chi connectivity index (χ1v) is 5.24. The SMILES string of the molecule is COc1ccc(C(=O)Nc2ccnn2C)c(F)c1. The summed E-state index contributed by atoms with van der Waals surface area (Å²) in [5.74, 6) is -0.299. The second kappa shape index (κ2) is 4.87. The molecule has 0 saturated heterocycles. The predicted molar refractivity (Wildman–Crippen MR) is 64.1 cm³/mol. The largest absolute Gasteiger partial charge is 0.497 e. The minimum Gasteiger partial charge on any atom is -0.497 e. The van der Waals surface area contributed by atoms with Gasteiger partial charge < -0.3 is 10.1 Å². The lowest BCUT2D eigenvalue weighted by molar-refractivity contribution is 0.102. The average Bonchev–Trinajstić information content (AvgIpc) is 2.74. The van der Waals surface area contributed by atoms with Crippen LogP contribution in [0, 0.1) is 5.82 Å². The van der Waals surface area contributed by atoms with Crippen molar-refractivity contribution in [2.24, 2.45) is 7.05 Å². The van der Waals surface area contributed by atoms with Crippen molar-refractivity contribution < 1.29 is 13.9 Å². The van der Waals surface area contributed by atoms with Gasteiger partial charge in [0.1, 0.15) is 17.4 Å². The van der Waals surface area contributed by atoms with Gasteiger partial charge in [-0.15, -0.1) is 0 Å². The second-order valence-electron chi connectivity index (χ2n) is 3.64. The zero-order valence-electron chi connectivity index (χ0n) is 9.98. The van der Waals surface area contributed by atoms with Crippen molar-refractivity contribution in [2.45, 2.75) is 0 Å². The van der Waals surface area contributed by atoms with Crippen LogP contribution in [0.5, 0.6) is 5.75 Å². The smallest absolute Gasteiger partial charge is 0.259 e. The number of nitrogens with one attached hydrogen (secondary N) is 1. The Balaban J connectivity index is 2.22. The van der Waals surface area contributed by atoms with E-state index in [1.807, 2.05) is 0 Å². The van der Waals surface area contributed by atoms with Crippen LogP contribution in [-0.2, 0) is 7.05 Å².